The van der Waals surface area contributed by atoms with Gasteiger partial charge in [0.2, 0.25) is 0 Å². The van der Waals surface area contributed by atoms with Gasteiger partial charge in [0, 0.05) is 24.1 Å². The second-order valence-electron chi connectivity index (χ2n) is 5.27. The molecule has 1 saturated heterocycles. The third kappa shape index (κ3) is 1.87. The van der Waals surface area contributed by atoms with Crippen LogP contribution in [0.25, 0.3) is 0 Å². The lowest BCUT2D eigenvalue weighted by atomic mass is 9.84. The highest BCUT2D eigenvalue weighted by molar-refractivity contribution is 6.07. The molecule has 1 N–H and O–H groups in total. The molecule has 3 rings (SSSR count). The van der Waals surface area contributed by atoms with Gasteiger partial charge in [-0.25, -0.2) is 0 Å². The van der Waals surface area contributed by atoms with Crippen molar-refractivity contribution in [3.8, 4) is 0 Å². The van der Waals surface area contributed by atoms with Crippen molar-refractivity contribution in [2.24, 2.45) is 0 Å². The van der Waals surface area contributed by atoms with Gasteiger partial charge in [-0.3, -0.25) is 9.59 Å². The predicted octanol–water partition coefficient (Wildman–Crippen LogP) is 2.38. The fraction of sp³-hybridized carbons (Fsp3) is 0.467. The zero-order valence-corrected chi connectivity index (χ0v) is 10.9. The van der Waals surface area contributed by atoms with Crippen molar-refractivity contribution < 1.29 is 14.3 Å². The van der Waals surface area contributed by atoms with Crippen LogP contribution in [-0.4, -0.2) is 17.8 Å². The number of ether oxygens (including phenoxy) is 1. The molecular weight excluding hydrogens is 242 g/mol. The summed E-state index contributed by atoms with van der Waals surface area (Å²) in [5.41, 5.74) is 0.470. The van der Waals surface area contributed by atoms with E-state index in [0.29, 0.717) is 6.42 Å². The van der Waals surface area contributed by atoms with Crippen LogP contribution in [-0.2, 0) is 19.9 Å². The fourth-order valence-corrected chi connectivity index (χ4v) is 3.04. The molecule has 1 amide bonds. The van der Waals surface area contributed by atoms with Gasteiger partial charge >= 0.3 is 0 Å². The SMILES string of the molecule is CCC[C@H]1CC(=O)CC2(O1)C(=O)Nc1ccccc12. The Balaban J connectivity index is 2.02. The second-order valence-corrected chi connectivity index (χ2v) is 5.27. The molecule has 0 aliphatic carbocycles. The van der Waals surface area contributed by atoms with Gasteiger partial charge in [-0.2, -0.15) is 0 Å². The Morgan fingerprint density at radius 3 is 2.95 bits per heavy atom. The summed E-state index contributed by atoms with van der Waals surface area (Å²) in [6.07, 6.45) is 2.17. The minimum Gasteiger partial charge on any atom is -0.356 e. The van der Waals surface area contributed by atoms with Gasteiger partial charge in [-0.1, -0.05) is 31.5 Å². The molecule has 0 saturated carbocycles. The Labute approximate surface area is 112 Å². The number of hydrogen-bond donors (Lipinski definition) is 1. The van der Waals surface area contributed by atoms with Gasteiger partial charge in [0.25, 0.3) is 5.91 Å². The molecule has 0 radical (unpaired) electrons. The normalized spacial score (nSPS) is 29.4. The first kappa shape index (κ1) is 12.4. The second kappa shape index (κ2) is 4.46. The van der Waals surface area contributed by atoms with E-state index >= 15 is 0 Å². The smallest absolute Gasteiger partial charge is 0.261 e. The van der Waals surface area contributed by atoms with Gasteiger partial charge in [0.1, 0.15) is 5.78 Å². The summed E-state index contributed by atoms with van der Waals surface area (Å²) in [5, 5.41) is 2.82. The van der Waals surface area contributed by atoms with Crippen LogP contribution >= 0.6 is 0 Å². The summed E-state index contributed by atoms with van der Waals surface area (Å²) in [5.74, 6) is -0.0978. The first-order chi connectivity index (χ1) is 9.15. The fourth-order valence-electron chi connectivity index (χ4n) is 3.04. The van der Waals surface area contributed by atoms with Crippen molar-refractivity contribution >= 4 is 17.4 Å². The van der Waals surface area contributed by atoms with E-state index in [1.807, 2.05) is 24.3 Å². The third-order valence-electron chi connectivity index (χ3n) is 3.86. The molecule has 100 valence electrons. The maximum atomic E-state index is 12.3. The van der Waals surface area contributed by atoms with Crippen LogP contribution < -0.4 is 5.32 Å². The Hall–Kier alpha value is -1.68. The molecule has 4 nitrogen and oxygen atoms in total. The van der Waals surface area contributed by atoms with Crippen molar-refractivity contribution in [3.05, 3.63) is 29.8 Å². The van der Waals surface area contributed by atoms with E-state index in [1.54, 1.807) is 0 Å². The molecule has 4 heteroatoms. The van der Waals surface area contributed by atoms with Crippen LogP contribution in [0, 0.1) is 0 Å². The lowest BCUT2D eigenvalue weighted by Crippen LogP contribution is -2.46. The summed E-state index contributed by atoms with van der Waals surface area (Å²) < 4.78 is 6.05. The summed E-state index contributed by atoms with van der Waals surface area (Å²) in [6, 6.07) is 7.46. The zero-order chi connectivity index (χ0) is 13.5. The Morgan fingerprint density at radius 1 is 1.37 bits per heavy atom. The molecule has 1 aromatic rings. The van der Waals surface area contributed by atoms with E-state index in [2.05, 4.69) is 12.2 Å². The molecule has 2 atom stereocenters. The number of para-hydroxylation sites is 1. The number of nitrogens with one attached hydrogen (secondary N) is 1. The lowest BCUT2D eigenvalue weighted by molar-refractivity contribution is -0.170. The Kier molecular flexibility index (Phi) is 2.90. The molecule has 0 aromatic heterocycles. The number of amides is 1. The quantitative estimate of drug-likeness (QED) is 0.887. The summed E-state index contributed by atoms with van der Waals surface area (Å²) in [6.45, 7) is 2.05. The Morgan fingerprint density at radius 2 is 2.16 bits per heavy atom. The number of ketones is 1. The first-order valence-corrected chi connectivity index (χ1v) is 6.76. The molecule has 1 unspecified atom stereocenters. The van der Waals surface area contributed by atoms with Gasteiger partial charge in [-0.05, 0) is 12.5 Å². The molecular formula is C15H17NO3. The van der Waals surface area contributed by atoms with Gasteiger partial charge in [-0.15, -0.1) is 0 Å². The molecule has 2 heterocycles. The highest BCUT2D eigenvalue weighted by Crippen LogP contribution is 2.45. The predicted molar refractivity (Wildman–Crippen MR) is 70.8 cm³/mol. The standard InChI is InChI=1S/C15H17NO3/c1-2-5-11-8-10(17)9-15(19-11)12-6-3-4-7-13(12)16-14(15)18/h3-4,6-7,11H,2,5,8-9H2,1H3,(H,16,18)/t11-,15?/m0/s1. The van der Waals surface area contributed by atoms with Crippen LogP contribution in [0.5, 0.6) is 0 Å². The maximum absolute atomic E-state index is 12.3. The maximum Gasteiger partial charge on any atom is 0.261 e. The van der Waals surface area contributed by atoms with Crippen LogP contribution in [0.3, 0.4) is 0 Å². The summed E-state index contributed by atoms with van der Waals surface area (Å²) in [4.78, 5) is 24.3. The summed E-state index contributed by atoms with van der Waals surface area (Å²) >= 11 is 0. The zero-order valence-electron chi connectivity index (χ0n) is 10.9. The van der Waals surface area contributed by atoms with E-state index in [1.165, 1.54) is 0 Å². The minimum absolute atomic E-state index is 0.108. The number of carbonyl (C=O) groups is 2. The molecule has 19 heavy (non-hydrogen) atoms. The number of fused-ring (bicyclic) bond motifs is 2. The number of carbonyl (C=O) groups excluding carboxylic acids is 2. The molecule has 1 spiro atoms. The van der Waals surface area contributed by atoms with Crippen molar-refractivity contribution in [2.45, 2.75) is 44.3 Å². The van der Waals surface area contributed by atoms with E-state index < -0.39 is 5.60 Å². The Bertz CT molecular complexity index is 540. The highest BCUT2D eigenvalue weighted by Gasteiger charge is 2.53. The van der Waals surface area contributed by atoms with Crippen molar-refractivity contribution in [1.29, 1.82) is 0 Å². The number of anilines is 1. The van der Waals surface area contributed by atoms with Gasteiger partial charge in [0.05, 0.1) is 6.10 Å². The highest BCUT2D eigenvalue weighted by atomic mass is 16.5. The number of benzene rings is 1. The molecule has 2 aliphatic heterocycles. The lowest BCUT2D eigenvalue weighted by Gasteiger charge is -2.36. The molecule has 1 fully saturated rings. The average Bonchev–Trinajstić information content (AvgIpc) is 2.62. The van der Waals surface area contributed by atoms with Crippen molar-refractivity contribution in [3.63, 3.8) is 0 Å². The topological polar surface area (TPSA) is 55.4 Å². The average molecular weight is 259 g/mol. The number of hydrogen-bond acceptors (Lipinski definition) is 3. The van der Waals surface area contributed by atoms with Crippen molar-refractivity contribution in [1.82, 2.24) is 0 Å². The first-order valence-electron chi connectivity index (χ1n) is 6.76. The van der Waals surface area contributed by atoms with Crippen LogP contribution in [0.15, 0.2) is 24.3 Å². The largest absolute Gasteiger partial charge is 0.356 e. The van der Waals surface area contributed by atoms with Gasteiger partial charge in [0.15, 0.2) is 5.60 Å². The van der Waals surface area contributed by atoms with Gasteiger partial charge < -0.3 is 10.1 Å². The number of rotatable bonds is 2. The molecule has 2 aliphatic rings. The van der Waals surface area contributed by atoms with Crippen LogP contribution in [0.1, 0.15) is 38.2 Å². The van der Waals surface area contributed by atoms with E-state index in [0.717, 1.165) is 24.1 Å². The van der Waals surface area contributed by atoms with E-state index in [-0.39, 0.29) is 24.2 Å². The third-order valence-corrected chi connectivity index (χ3v) is 3.86. The molecule has 1 aromatic carbocycles. The van der Waals surface area contributed by atoms with Crippen LogP contribution in [0.4, 0.5) is 5.69 Å². The van der Waals surface area contributed by atoms with E-state index in [4.69, 9.17) is 4.74 Å². The monoisotopic (exact) mass is 259 g/mol. The van der Waals surface area contributed by atoms with Crippen molar-refractivity contribution in [2.75, 3.05) is 5.32 Å². The number of Topliss-reactive ketones (excluding diaryl/α,β-unsaturated/α-hetero) is 1. The van der Waals surface area contributed by atoms with Crippen LogP contribution in [0.2, 0.25) is 0 Å². The molecule has 0 bridgehead atoms. The van der Waals surface area contributed by atoms with E-state index in [9.17, 15) is 9.59 Å². The minimum atomic E-state index is -1.09. The summed E-state index contributed by atoms with van der Waals surface area (Å²) in [7, 11) is 0.